The van der Waals surface area contributed by atoms with Crippen molar-refractivity contribution in [2.45, 2.75) is 50.4 Å². The van der Waals surface area contributed by atoms with Crippen molar-refractivity contribution in [1.82, 2.24) is 24.3 Å². The second-order valence-electron chi connectivity index (χ2n) is 11.5. The van der Waals surface area contributed by atoms with E-state index in [1.165, 1.54) is 18.4 Å². The lowest BCUT2D eigenvalue weighted by Gasteiger charge is -2.33. The second-order valence-corrected chi connectivity index (χ2v) is 11.5. The number of carbonyl (C=O) groups excluding carboxylic acids is 3. The van der Waals surface area contributed by atoms with Gasteiger partial charge in [-0.25, -0.2) is 15.0 Å². The lowest BCUT2D eigenvalue weighted by Crippen LogP contribution is -2.44. The van der Waals surface area contributed by atoms with Gasteiger partial charge in [0.05, 0.1) is 0 Å². The van der Waals surface area contributed by atoms with E-state index in [0.717, 1.165) is 30.5 Å². The molecule has 0 radical (unpaired) electrons. The number of carbonyl (C=O) groups is 3. The number of terminal acetylenes is 1. The molecular weight excluding hydrogens is 542 g/mol. The summed E-state index contributed by atoms with van der Waals surface area (Å²) in [4.78, 5) is 53.1. The first-order valence-corrected chi connectivity index (χ1v) is 14.5. The number of aldehydes is 1. The number of piperidine rings is 1. The van der Waals surface area contributed by atoms with Gasteiger partial charge in [0, 0.05) is 48.7 Å². The Labute approximate surface area is 249 Å². The molecule has 2 amide bonds. The molecule has 0 bridgehead atoms. The predicted octanol–water partition coefficient (Wildman–Crippen LogP) is 4.44. The number of likely N-dealkylation sites (tertiary alicyclic amines) is 1. The predicted molar refractivity (Wildman–Crippen MR) is 163 cm³/mol. The molecule has 43 heavy (non-hydrogen) atoms. The standard InChI is InChI=1S/C31H31N7O3.C2H2/c32-27-26-25(20-5-7-21(8-6-20)29(40)35-24-16-22(9-12-33-24)19-3-4-19)36-28(38(26)15-13-34-27)23-2-1-14-37(17-23)30(41)31(18-39)10-11-31;1-2/h5-9,12-13,15-16,18-19,23H,1-4,10-11,14,17H2,(H2,32,34)(H,33,35,40);1-2H/t23-;/m1./s1. The van der Waals surface area contributed by atoms with Crippen molar-refractivity contribution in [3.8, 4) is 24.1 Å². The molecule has 1 saturated heterocycles. The number of rotatable bonds is 7. The van der Waals surface area contributed by atoms with Crippen LogP contribution in [0, 0.1) is 18.3 Å². The van der Waals surface area contributed by atoms with Gasteiger partial charge in [-0.05, 0) is 74.3 Å². The molecule has 3 aromatic heterocycles. The Morgan fingerprint density at radius 1 is 1.02 bits per heavy atom. The molecule has 1 aliphatic heterocycles. The number of pyridine rings is 1. The molecule has 10 heteroatoms. The smallest absolute Gasteiger partial charge is 0.256 e. The number of hydrogen-bond acceptors (Lipinski definition) is 7. The summed E-state index contributed by atoms with van der Waals surface area (Å²) >= 11 is 0. The molecule has 3 fully saturated rings. The number of nitrogen functional groups attached to an aromatic ring is 1. The molecule has 4 heterocycles. The Balaban J connectivity index is 0.00000161. The van der Waals surface area contributed by atoms with Crippen LogP contribution in [-0.4, -0.2) is 55.4 Å². The second kappa shape index (κ2) is 11.3. The molecule has 10 nitrogen and oxygen atoms in total. The van der Waals surface area contributed by atoms with Crippen molar-refractivity contribution >= 4 is 35.3 Å². The van der Waals surface area contributed by atoms with Gasteiger partial charge in [-0.2, -0.15) is 0 Å². The molecule has 4 aromatic rings. The van der Waals surface area contributed by atoms with Gasteiger partial charge in [0.1, 0.15) is 40.4 Å². The third-order valence-corrected chi connectivity index (χ3v) is 8.62. The third kappa shape index (κ3) is 5.34. The normalized spacial score (nSPS) is 18.7. The largest absolute Gasteiger partial charge is 0.382 e. The summed E-state index contributed by atoms with van der Waals surface area (Å²) < 4.78 is 1.96. The molecule has 1 atom stereocenters. The van der Waals surface area contributed by atoms with Crippen molar-refractivity contribution in [3.05, 3.63) is 71.9 Å². The Kier molecular flexibility index (Phi) is 7.40. The van der Waals surface area contributed by atoms with Crippen LogP contribution < -0.4 is 11.1 Å². The quantitative estimate of drug-likeness (QED) is 0.189. The summed E-state index contributed by atoms with van der Waals surface area (Å²) in [6, 6.07) is 11.2. The molecule has 3 N–H and O–H groups in total. The van der Waals surface area contributed by atoms with Crippen LogP contribution in [0.1, 0.15) is 72.1 Å². The van der Waals surface area contributed by atoms with Gasteiger partial charge in [0.15, 0.2) is 0 Å². The van der Waals surface area contributed by atoms with Crippen LogP contribution in [0.5, 0.6) is 0 Å². The van der Waals surface area contributed by atoms with E-state index in [2.05, 4.69) is 28.1 Å². The van der Waals surface area contributed by atoms with Crippen LogP contribution in [-0.2, 0) is 9.59 Å². The van der Waals surface area contributed by atoms with Gasteiger partial charge in [-0.15, -0.1) is 12.8 Å². The maximum Gasteiger partial charge on any atom is 0.256 e. The Morgan fingerprint density at radius 3 is 2.49 bits per heavy atom. The van der Waals surface area contributed by atoms with Crippen molar-refractivity contribution in [1.29, 1.82) is 0 Å². The minimum Gasteiger partial charge on any atom is -0.382 e. The lowest BCUT2D eigenvalue weighted by atomic mass is 9.95. The first-order chi connectivity index (χ1) is 21.0. The number of imidazole rings is 1. The highest BCUT2D eigenvalue weighted by Gasteiger charge is 2.52. The topological polar surface area (TPSA) is 136 Å². The molecule has 0 unspecified atom stereocenters. The van der Waals surface area contributed by atoms with Gasteiger partial charge in [0.2, 0.25) is 5.91 Å². The van der Waals surface area contributed by atoms with E-state index in [0.29, 0.717) is 60.3 Å². The Bertz CT molecular complexity index is 1720. The summed E-state index contributed by atoms with van der Waals surface area (Å²) in [5.41, 5.74) is 9.42. The van der Waals surface area contributed by atoms with Crippen molar-refractivity contribution in [2.75, 3.05) is 24.1 Å². The van der Waals surface area contributed by atoms with Gasteiger partial charge in [0.25, 0.3) is 5.91 Å². The number of benzene rings is 1. The molecule has 2 aliphatic carbocycles. The Morgan fingerprint density at radius 2 is 1.79 bits per heavy atom. The highest BCUT2D eigenvalue weighted by molar-refractivity contribution is 6.04. The minimum absolute atomic E-state index is 0.0119. The van der Waals surface area contributed by atoms with E-state index in [4.69, 9.17) is 10.7 Å². The average molecular weight is 576 g/mol. The van der Waals surface area contributed by atoms with Crippen molar-refractivity contribution in [2.24, 2.45) is 5.41 Å². The first-order valence-electron chi connectivity index (χ1n) is 14.5. The van der Waals surface area contributed by atoms with E-state index in [1.54, 1.807) is 24.5 Å². The van der Waals surface area contributed by atoms with Gasteiger partial charge >= 0.3 is 0 Å². The SMILES string of the molecule is C#C.Nc1nccn2c([C@@H]3CCCN(C(=O)C4(C=O)CC4)C3)nc(-c3ccc(C(=O)Nc4cc(C5CC5)ccn4)cc3)c12. The highest BCUT2D eigenvalue weighted by atomic mass is 16.2. The summed E-state index contributed by atoms with van der Waals surface area (Å²) in [6.45, 7) is 1.15. The minimum atomic E-state index is -0.819. The maximum absolute atomic E-state index is 13.1. The summed E-state index contributed by atoms with van der Waals surface area (Å²) in [7, 11) is 0. The zero-order chi connectivity index (χ0) is 30.1. The van der Waals surface area contributed by atoms with Gasteiger partial charge < -0.3 is 20.7 Å². The number of fused-ring (bicyclic) bond motifs is 1. The van der Waals surface area contributed by atoms with E-state index < -0.39 is 5.41 Å². The highest BCUT2D eigenvalue weighted by Crippen LogP contribution is 2.46. The number of nitrogens with zero attached hydrogens (tertiary/aromatic N) is 5. The van der Waals surface area contributed by atoms with Crippen molar-refractivity contribution in [3.63, 3.8) is 0 Å². The fourth-order valence-electron chi connectivity index (χ4n) is 5.93. The number of nitrogens with one attached hydrogen (secondary N) is 1. The fraction of sp³-hybridized carbons (Fsp3) is 0.333. The number of hydrogen-bond donors (Lipinski definition) is 2. The zero-order valence-electron chi connectivity index (χ0n) is 23.8. The molecule has 2 saturated carbocycles. The maximum atomic E-state index is 13.1. The first kappa shape index (κ1) is 28.1. The van der Waals surface area contributed by atoms with Crippen LogP contribution in [0.4, 0.5) is 11.6 Å². The number of anilines is 2. The molecule has 7 rings (SSSR count). The van der Waals surface area contributed by atoms with Crippen molar-refractivity contribution < 1.29 is 14.4 Å². The Hall–Kier alpha value is -5.04. The summed E-state index contributed by atoms with van der Waals surface area (Å²) in [6.07, 6.45) is 19.4. The average Bonchev–Trinajstić information content (AvgIpc) is 3.99. The molecular formula is C33H33N7O3. The van der Waals surface area contributed by atoms with Gasteiger partial charge in [-0.3, -0.25) is 14.0 Å². The number of nitrogens with two attached hydrogens (primary N) is 1. The van der Waals surface area contributed by atoms with E-state index in [1.807, 2.05) is 39.8 Å². The van der Waals surface area contributed by atoms with Crippen LogP contribution in [0.2, 0.25) is 0 Å². The van der Waals surface area contributed by atoms with E-state index >= 15 is 0 Å². The fourth-order valence-corrected chi connectivity index (χ4v) is 5.93. The zero-order valence-corrected chi connectivity index (χ0v) is 23.8. The van der Waals surface area contributed by atoms with Crippen LogP contribution in [0.3, 0.4) is 0 Å². The molecule has 218 valence electrons. The number of aromatic nitrogens is 4. The van der Waals surface area contributed by atoms with Gasteiger partial charge in [-0.1, -0.05) is 12.1 Å². The lowest BCUT2D eigenvalue weighted by molar-refractivity contribution is -0.140. The van der Waals surface area contributed by atoms with E-state index in [9.17, 15) is 14.4 Å². The van der Waals surface area contributed by atoms with E-state index in [-0.39, 0.29) is 17.7 Å². The molecule has 1 aromatic carbocycles. The molecule has 3 aliphatic rings. The van der Waals surface area contributed by atoms with Crippen LogP contribution in [0.25, 0.3) is 16.8 Å². The monoisotopic (exact) mass is 575 g/mol. The third-order valence-electron chi connectivity index (χ3n) is 8.62. The summed E-state index contributed by atoms with van der Waals surface area (Å²) in [5.74, 6) is 1.97. The number of amides is 2. The van der Waals surface area contributed by atoms with Crippen LogP contribution in [0.15, 0.2) is 55.0 Å². The molecule has 0 spiro atoms. The summed E-state index contributed by atoms with van der Waals surface area (Å²) in [5, 5.41) is 2.90. The van der Waals surface area contributed by atoms with Crippen LogP contribution >= 0.6 is 0 Å².